The second-order valence-corrected chi connectivity index (χ2v) is 10.5. The van der Waals surface area contributed by atoms with Gasteiger partial charge < -0.3 is 15.5 Å². The lowest BCUT2D eigenvalue weighted by Crippen LogP contribution is -2.53. The normalized spacial score (nSPS) is 14.9. The van der Waals surface area contributed by atoms with E-state index in [1.165, 1.54) is 43.1 Å². The number of aliphatic hydroxyl groups excluding tert-OH is 2. The third-order valence-electron chi connectivity index (χ3n) is 6.55. The molecule has 4 N–H and O–H groups in total. The van der Waals surface area contributed by atoms with Crippen LogP contribution < -0.4 is 5.32 Å². The maximum atomic E-state index is 10.1. The molecule has 2 atom stereocenters. The molecule has 0 fully saturated rings. The molecule has 0 aliphatic heterocycles. The van der Waals surface area contributed by atoms with Crippen LogP contribution in [0.15, 0.2) is 66.7 Å². The number of hydrogen-bond donors (Lipinski definition) is 4. The van der Waals surface area contributed by atoms with E-state index in [1.54, 1.807) is 6.92 Å². The highest BCUT2D eigenvalue weighted by Gasteiger charge is 2.28. The van der Waals surface area contributed by atoms with Crippen molar-refractivity contribution in [1.82, 2.24) is 5.32 Å². The zero-order valence-electron chi connectivity index (χ0n) is 19.4. The molecule has 0 aliphatic carbocycles. The van der Waals surface area contributed by atoms with Gasteiger partial charge in [-0.2, -0.15) is 8.42 Å². The van der Waals surface area contributed by atoms with Crippen LogP contribution >= 0.6 is 0 Å². The van der Waals surface area contributed by atoms with Crippen molar-refractivity contribution in [2.24, 2.45) is 0 Å². The number of fused-ring (bicyclic) bond motifs is 2. The summed E-state index contributed by atoms with van der Waals surface area (Å²) >= 11 is 0. The van der Waals surface area contributed by atoms with Crippen LogP contribution in [-0.4, -0.2) is 47.7 Å². The lowest BCUT2D eigenvalue weighted by Gasteiger charge is -2.32. The highest BCUT2D eigenvalue weighted by Crippen LogP contribution is 2.40. The fourth-order valence-corrected chi connectivity index (χ4v) is 4.49. The van der Waals surface area contributed by atoms with Gasteiger partial charge >= 0.3 is 0 Å². The van der Waals surface area contributed by atoms with E-state index in [0.29, 0.717) is 12.8 Å². The van der Waals surface area contributed by atoms with E-state index in [0.717, 1.165) is 5.56 Å². The Kier molecular flexibility index (Phi) is 6.50. The van der Waals surface area contributed by atoms with E-state index >= 15 is 0 Å². The van der Waals surface area contributed by atoms with Gasteiger partial charge in [0.05, 0.1) is 24.5 Å². The molecule has 5 aromatic carbocycles. The van der Waals surface area contributed by atoms with Crippen molar-refractivity contribution in [3.05, 3.63) is 72.3 Å². The minimum absolute atomic E-state index is 0.124. The number of hydrogen-bond acceptors (Lipinski definition) is 5. The maximum Gasteiger partial charge on any atom is 0.261 e. The second-order valence-electron chi connectivity index (χ2n) is 9.05. The lowest BCUT2D eigenvalue weighted by atomic mass is 9.88. The van der Waals surface area contributed by atoms with Crippen molar-refractivity contribution >= 4 is 53.2 Å². The van der Waals surface area contributed by atoms with Crippen LogP contribution in [-0.2, 0) is 16.7 Å². The van der Waals surface area contributed by atoms with Crippen LogP contribution in [0.1, 0.15) is 19.4 Å². The molecule has 0 saturated heterocycles. The Hall–Kier alpha value is -2.81. The molecular weight excluding hydrogens is 450 g/mol. The molecule has 0 radical (unpaired) electrons. The van der Waals surface area contributed by atoms with E-state index in [-0.39, 0.29) is 6.61 Å². The topological polar surface area (TPSA) is 107 Å². The first-order valence-corrected chi connectivity index (χ1v) is 12.9. The van der Waals surface area contributed by atoms with Crippen LogP contribution in [0.25, 0.3) is 43.1 Å². The van der Waals surface area contributed by atoms with E-state index in [2.05, 4.69) is 72.0 Å². The summed E-state index contributed by atoms with van der Waals surface area (Å²) in [6.07, 6.45) is 0.0597. The van der Waals surface area contributed by atoms with Gasteiger partial charge in [0.2, 0.25) is 0 Å². The Morgan fingerprint density at radius 1 is 0.853 bits per heavy atom. The van der Waals surface area contributed by atoms with E-state index in [1.807, 2.05) is 6.92 Å². The van der Waals surface area contributed by atoms with E-state index < -0.39 is 21.8 Å². The third kappa shape index (κ3) is 4.58. The van der Waals surface area contributed by atoms with E-state index in [9.17, 15) is 18.6 Å². The first-order valence-electron chi connectivity index (χ1n) is 11.1. The van der Waals surface area contributed by atoms with Gasteiger partial charge in [-0.15, -0.1) is 0 Å². The molecule has 34 heavy (non-hydrogen) atoms. The predicted molar refractivity (Wildman–Crippen MR) is 139 cm³/mol. The molecule has 5 aromatic rings. The van der Waals surface area contributed by atoms with Gasteiger partial charge in [0.25, 0.3) is 10.1 Å². The Balaban J connectivity index is 0.000000499. The smallest absolute Gasteiger partial charge is 0.261 e. The quantitative estimate of drug-likeness (QED) is 0.168. The first-order chi connectivity index (χ1) is 16.0. The third-order valence-corrected chi connectivity index (χ3v) is 6.55. The molecule has 0 heterocycles. The second kappa shape index (κ2) is 9.09. The molecule has 0 bridgehead atoms. The molecule has 0 aliphatic rings. The fraction of sp³-hybridized carbons (Fsp3) is 0.259. The summed E-state index contributed by atoms with van der Waals surface area (Å²) < 4.78 is 25.9. The minimum Gasteiger partial charge on any atom is -0.394 e. The predicted octanol–water partition coefficient (Wildman–Crippen LogP) is 4.46. The molecule has 0 aromatic heterocycles. The number of aliphatic hydroxyl groups is 2. The van der Waals surface area contributed by atoms with Crippen LogP contribution in [0.3, 0.4) is 0 Å². The van der Waals surface area contributed by atoms with E-state index in [4.69, 9.17) is 4.55 Å². The average molecular weight is 480 g/mol. The number of rotatable bonds is 5. The van der Waals surface area contributed by atoms with Crippen molar-refractivity contribution < 1.29 is 23.2 Å². The molecular formula is C27H29NO5S. The zero-order chi connectivity index (χ0) is 24.7. The van der Waals surface area contributed by atoms with Gasteiger partial charge in [-0.05, 0) is 62.5 Å². The largest absolute Gasteiger partial charge is 0.394 e. The fourth-order valence-electron chi connectivity index (χ4n) is 4.49. The summed E-state index contributed by atoms with van der Waals surface area (Å²) in [5, 5.41) is 33.4. The van der Waals surface area contributed by atoms with Crippen LogP contribution in [0.4, 0.5) is 0 Å². The van der Waals surface area contributed by atoms with Gasteiger partial charge in [-0.25, -0.2) is 0 Å². The van der Waals surface area contributed by atoms with Crippen LogP contribution in [0.5, 0.6) is 0 Å². The van der Waals surface area contributed by atoms with Gasteiger partial charge in [0.15, 0.2) is 0 Å². The molecule has 7 heteroatoms. The standard InChI is InChI=1S/C26H25NO2.CH4O3S/c1-16(29)26(2,15-28)27-14-18-12-13-23-21-10-4-7-17-6-3-9-20(24(17)21)22-11-5-8-19(18)25(22)23;1-5(2,3)4/h3-13,16,27-29H,14-15H2,1-2H3;1H3,(H,2,3,4)/t16-,26+;/m0./s1. The van der Waals surface area contributed by atoms with Crippen molar-refractivity contribution in [1.29, 1.82) is 0 Å². The van der Waals surface area contributed by atoms with Crippen molar-refractivity contribution in [2.75, 3.05) is 12.9 Å². The molecule has 6 nitrogen and oxygen atoms in total. The summed E-state index contributed by atoms with van der Waals surface area (Å²) in [5.41, 5.74) is 0.426. The molecule has 0 amide bonds. The Morgan fingerprint density at radius 3 is 1.85 bits per heavy atom. The zero-order valence-corrected chi connectivity index (χ0v) is 20.2. The number of nitrogens with one attached hydrogen (secondary N) is 1. The Morgan fingerprint density at radius 2 is 1.32 bits per heavy atom. The summed E-state index contributed by atoms with van der Waals surface area (Å²) in [6, 6.07) is 23.9. The Labute approximate surface area is 198 Å². The van der Waals surface area contributed by atoms with Gasteiger partial charge in [-0.1, -0.05) is 66.7 Å². The molecule has 0 spiro atoms. The highest BCUT2D eigenvalue weighted by atomic mass is 32.2. The molecule has 0 saturated carbocycles. The highest BCUT2D eigenvalue weighted by molar-refractivity contribution is 7.85. The van der Waals surface area contributed by atoms with Crippen molar-refractivity contribution in [3.63, 3.8) is 0 Å². The minimum atomic E-state index is -3.67. The van der Waals surface area contributed by atoms with Crippen LogP contribution in [0.2, 0.25) is 0 Å². The lowest BCUT2D eigenvalue weighted by molar-refractivity contribution is 0.0404. The molecule has 0 unspecified atom stereocenters. The summed E-state index contributed by atoms with van der Waals surface area (Å²) in [5.74, 6) is 0. The van der Waals surface area contributed by atoms with Gasteiger partial charge in [0.1, 0.15) is 0 Å². The summed E-state index contributed by atoms with van der Waals surface area (Å²) in [6.45, 7) is 4.01. The van der Waals surface area contributed by atoms with Crippen molar-refractivity contribution in [3.8, 4) is 0 Å². The van der Waals surface area contributed by atoms with Crippen molar-refractivity contribution in [2.45, 2.75) is 32.0 Å². The Bertz CT molecular complexity index is 1520. The SMILES string of the molecule is CS(=O)(=O)O.C[C@H](O)[C@@](C)(CO)NCc1ccc2c3cccc4cccc(c5cccc1c52)c43. The summed E-state index contributed by atoms with van der Waals surface area (Å²) in [7, 11) is -3.67. The van der Waals surface area contributed by atoms with Gasteiger partial charge in [-0.3, -0.25) is 4.55 Å². The maximum absolute atomic E-state index is 10.1. The summed E-state index contributed by atoms with van der Waals surface area (Å²) in [4.78, 5) is 0. The first kappa shape index (κ1) is 24.3. The molecule has 5 rings (SSSR count). The molecule has 178 valence electrons. The van der Waals surface area contributed by atoms with Crippen LogP contribution in [0, 0.1) is 0 Å². The monoisotopic (exact) mass is 479 g/mol. The van der Waals surface area contributed by atoms with Gasteiger partial charge in [0, 0.05) is 6.54 Å². The number of benzene rings is 5. The average Bonchev–Trinajstić information content (AvgIpc) is 2.79.